The van der Waals surface area contributed by atoms with Gasteiger partial charge in [0.05, 0.1) is 23.3 Å². The van der Waals surface area contributed by atoms with Crippen molar-refractivity contribution in [1.82, 2.24) is 14.5 Å². The Morgan fingerprint density at radius 2 is 2.00 bits per heavy atom. The molecule has 0 spiro atoms. The number of aromatic nitrogens is 3. The number of fused-ring (bicyclic) bond motifs is 1. The number of benzene rings is 1. The van der Waals surface area contributed by atoms with E-state index in [2.05, 4.69) is 21.4 Å². The Bertz CT molecular complexity index is 934. The van der Waals surface area contributed by atoms with Crippen LogP contribution in [0.3, 0.4) is 0 Å². The van der Waals surface area contributed by atoms with E-state index >= 15 is 0 Å². The van der Waals surface area contributed by atoms with Crippen LogP contribution < -0.4 is 5.32 Å². The largest absolute Gasteiger partial charge is 0.393 e. The van der Waals surface area contributed by atoms with Gasteiger partial charge in [0.2, 0.25) is 5.95 Å². The highest BCUT2D eigenvalue weighted by molar-refractivity contribution is 5.87. The summed E-state index contributed by atoms with van der Waals surface area (Å²) in [5, 5.41) is 23.2. The van der Waals surface area contributed by atoms with Crippen molar-refractivity contribution >= 4 is 16.9 Å². The van der Waals surface area contributed by atoms with E-state index in [1.54, 1.807) is 6.20 Å². The number of nitrogens with zero attached hydrogens (tertiary/aromatic N) is 4. The number of rotatable bonds is 3. The summed E-state index contributed by atoms with van der Waals surface area (Å²) in [5.74, 6) is 1.36. The minimum absolute atomic E-state index is 0.175. The first-order chi connectivity index (χ1) is 12.2. The fourth-order valence-corrected chi connectivity index (χ4v) is 3.42. The Hall–Kier alpha value is -2.91. The SMILES string of the molecule is N#Cc1cccc2c1ccn2-c1ccnc(NC2CCC(O)CC2)n1. The zero-order valence-corrected chi connectivity index (χ0v) is 13.8. The molecule has 2 N–H and O–H groups in total. The molecule has 2 aromatic heterocycles. The summed E-state index contributed by atoms with van der Waals surface area (Å²) in [7, 11) is 0. The molecule has 0 radical (unpaired) electrons. The normalized spacial score (nSPS) is 20.3. The van der Waals surface area contributed by atoms with Gasteiger partial charge in [-0.05, 0) is 49.9 Å². The van der Waals surface area contributed by atoms with Crippen LogP contribution in [-0.4, -0.2) is 31.8 Å². The maximum atomic E-state index is 9.62. The summed E-state index contributed by atoms with van der Waals surface area (Å²) < 4.78 is 1.97. The number of hydrogen-bond donors (Lipinski definition) is 2. The van der Waals surface area contributed by atoms with Crippen LogP contribution in [0.5, 0.6) is 0 Å². The van der Waals surface area contributed by atoms with Crippen molar-refractivity contribution in [3.8, 4) is 11.9 Å². The van der Waals surface area contributed by atoms with Gasteiger partial charge in [-0.15, -0.1) is 0 Å². The molecule has 0 aliphatic heterocycles. The molecule has 25 heavy (non-hydrogen) atoms. The molecule has 0 amide bonds. The zero-order valence-electron chi connectivity index (χ0n) is 13.8. The molecule has 126 valence electrons. The maximum absolute atomic E-state index is 9.62. The predicted molar refractivity (Wildman–Crippen MR) is 95.5 cm³/mol. The molecule has 6 nitrogen and oxygen atoms in total. The van der Waals surface area contributed by atoms with E-state index in [9.17, 15) is 10.4 Å². The van der Waals surface area contributed by atoms with E-state index < -0.39 is 0 Å². The van der Waals surface area contributed by atoms with Crippen LogP contribution in [0.2, 0.25) is 0 Å². The molecule has 2 heterocycles. The molecule has 0 saturated heterocycles. The number of hydrogen-bond acceptors (Lipinski definition) is 5. The van der Waals surface area contributed by atoms with Crippen molar-refractivity contribution in [2.24, 2.45) is 0 Å². The van der Waals surface area contributed by atoms with Crippen molar-refractivity contribution < 1.29 is 5.11 Å². The maximum Gasteiger partial charge on any atom is 0.224 e. The van der Waals surface area contributed by atoms with Gasteiger partial charge < -0.3 is 15.0 Å². The van der Waals surface area contributed by atoms with Gasteiger partial charge in [0.1, 0.15) is 5.82 Å². The molecule has 6 heteroatoms. The summed E-state index contributed by atoms with van der Waals surface area (Å²) in [6.07, 6.45) is 6.97. The quantitative estimate of drug-likeness (QED) is 0.769. The predicted octanol–water partition coefficient (Wildman–Crippen LogP) is 3.01. The second-order valence-corrected chi connectivity index (χ2v) is 6.42. The lowest BCUT2D eigenvalue weighted by Crippen LogP contribution is -2.29. The lowest BCUT2D eigenvalue weighted by atomic mass is 9.93. The van der Waals surface area contributed by atoms with Gasteiger partial charge in [-0.2, -0.15) is 10.2 Å². The molecule has 1 saturated carbocycles. The molecule has 0 unspecified atom stereocenters. The minimum Gasteiger partial charge on any atom is -0.393 e. The summed E-state index contributed by atoms with van der Waals surface area (Å²) in [6, 6.07) is 12.0. The molecule has 0 atom stereocenters. The smallest absolute Gasteiger partial charge is 0.224 e. The van der Waals surface area contributed by atoms with Gasteiger partial charge >= 0.3 is 0 Å². The van der Waals surface area contributed by atoms with Crippen LogP contribution >= 0.6 is 0 Å². The van der Waals surface area contributed by atoms with E-state index in [4.69, 9.17) is 0 Å². The molecule has 3 aromatic rings. The molecular formula is C19H19N5O. The van der Waals surface area contributed by atoms with Crippen molar-refractivity contribution in [3.63, 3.8) is 0 Å². The Balaban J connectivity index is 1.63. The Morgan fingerprint density at radius 3 is 2.80 bits per heavy atom. The number of aliphatic hydroxyl groups excluding tert-OH is 1. The number of nitriles is 1. The number of anilines is 1. The van der Waals surface area contributed by atoms with Gasteiger partial charge in [-0.25, -0.2) is 4.98 Å². The minimum atomic E-state index is -0.175. The number of nitrogens with one attached hydrogen (secondary N) is 1. The van der Waals surface area contributed by atoms with Crippen LogP contribution in [0.15, 0.2) is 42.7 Å². The molecular weight excluding hydrogens is 314 g/mol. The molecule has 1 aromatic carbocycles. The molecule has 4 rings (SSSR count). The lowest BCUT2D eigenvalue weighted by molar-refractivity contribution is 0.126. The monoisotopic (exact) mass is 333 g/mol. The van der Waals surface area contributed by atoms with Crippen LogP contribution in [0, 0.1) is 11.3 Å². The fourth-order valence-electron chi connectivity index (χ4n) is 3.42. The average molecular weight is 333 g/mol. The number of aliphatic hydroxyl groups is 1. The first-order valence-corrected chi connectivity index (χ1v) is 8.53. The van der Waals surface area contributed by atoms with Crippen molar-refractivity contribution in [2.75, 3.05) is 5.32 Å². The van der Waals surface area contributed by atoms with E-state index in [1.165, 1.54) is 0 Å². The highest BCUT2D eigenvalue weighted by atomic mass is 16.3. The Kier molecular flexibility index (Phi) is 4.08. The zero-order chi connectivity index (χ0) is 17.2. The third kappa shape index (κ3) is 3.06. The summed E-state index contributed by atoms with van der Waals surface area (Å²) in [5.41, 5.74) is 1.61. The van der Waals surface area contributed by atoms with Crippen LogP contribution in [-0.2, 0) is 0 Å². The topological polar surface area (TPSA) is 86.8 Å². The van der Waals surface area contributed by atoms with Gasteiger partial charge in [0, 0.05) is 23.8 Å². The van der Waals surface area contributed by atoms with Crippen LogP contribution in [0.1, 0.15) is 31.2 Å². The Morgan fingerprint density at radius 1 is 1.16 bits per heavy atom. The lowest BCUT2D eigenvalue weighted by Gasteiger charge is -2.26. The summed E-state index contributed by atoms with van der Waals surface area (Å²) >= 11 is 0. The fraction of sp³-hybridized carbons (Fsp3) is 0.316. The third-order valence-corrected chi connectivity index (χ3v) is 4.77. The van der Waals surface area contributed by atoms with Crippen molar-refractivity contribution in [3.05, 3.63) is 48.3 Å². The van der Waals surface area contributed by atoms with Gasteiger partial charge in [-0.1, -0.05) is 6.07 Å². The highest BCUT2D eigenvalue weighted by Gasteiger charge is 2.20. The van der Waals surface area contributed by atoms with Crippen LogP contribution in [0.4, 0.5) is 5.95 Å². The van der Waals surface area contributed by atoms with Gasteiger partial charge in [-0.3, -0.25) is 0 Å². The van der Waals surface area contributed by atoms with Gasteiger partial charge in [0.15, 0.2) is 0 Å². The first-order valence-electron chi connectivity index (χ1n) is 8.53. The van der Waals surface area contributed by atoms with Crippen molar-refractivity contribution in [1.29, 1.82) is 5.26 Å². The van der Waals surface area contributed by atoms with E-state index in [-0.39, 0.29) is 6.10 Å². The second kappa shape index (κ2) is 6.54. The average Bonchev–Trinajstić information content (AvgIpc) is 3.08. The van der Waals surface area contributed by atoms with E-state index in [0.29, 0.717) is 17.6 Å². The molecule has 1 aliphatic rings. The standard InChI is InChI=1S/C19H19N5O/c20-12-13-2-1-3-17-16(13)9-11-24(17)18-8-10-21-19(23-18)22-14-4-6-15(25)7-5-14/h1-3,8-11,14-15,25H,4-7H2,(H,21,22,23). The first kappa shape index (κ1) is 15.6. The molecule has 1 aliphatic carbocycles. The molecule has 0 bridgehead atoms. The summed E-state index contributed by atoms with van der Waals surface area (Å²) in [6.45, 7) is 0. The molecule has 1 fully saturated rings. The van der Waals surface area contributed by atoms with E-state index in [0.717, 1.165) is 42.4 Å². The van der Waals surface area contributed by atoms with Crippen molar-refractivity contribution in [2.45, 2.75) is 37.8 Å². The third-order valence-electron chi connectivity index (χ3n) is 4.77. The Labute approximate surface area is 145 Å². The highest BCUT2D eigenvalue weighted by Crippen LogP contribution is 2.24. The van der Waals surface area contributed by atoms with Gasteiger partial charge in [0.25, 0.3) is 0 Å². The second-order valence-electron chi connectivity index (χ2n) is 6.42. The van der Waals surface area contributed by atoms with Crippen LogP contribution in [0.25, 0.3) is 16.7 Å². The summed E-state index contributed by atoms with van der Waals surface area (Å²) in [4.78, 5) is 8.96. The van der Waals surface area contributed by atoms with E-state index in [1.807, 2.05) is 41.1 Å².